The van der Waals surface area contributed by atoms with E-state index in [1.165, 1.54) is 53.5 Å². The van der Waals surface area contributed by atoms with Gasteiger partial charge in [-0.15, -0.1) is 0 Å². The number of aromatic nitrogens is 12. The number of rotatable bonds is 33. The first-order valence-electron chi connectivity index (χ1n) is 38.9. The Balaban J connectivity index is 0.000000193. The number of hydrogen-bond donors (Lipinski definition) is 9. The molecule has 6 aromatic heterocycles. The second kappa shape index (κ2) is 40.6. The van der Waals surface area contributed by atoms with Gasteiger partial charge < -0.3 is 91.1 Å². The molecule has 0 bridgehead atoms. The lowest BCUT2D eigenvalue weighted by Crippen LogP contribution is -2.47. The van der Waals surface area contributed by atoms with E-state index in [0.717, 1.165) is 35.3 Å². The van der Waals surface area contributed by atoms with E-state index in [9.17, 15) is 57.8 Å². The van der Waals surface area contributed by atoms with E-state index < -0.39 is 130 Å². The molecular formula is C69H105N18O30P3S3. The smallest absolute Gasteiger partial charge is 0.475 e. The molecule has 123 heavy (non-hydrogen) atoms. The third kappa shape index (κ3) is 23.1. The lowest BCUT2D eigenvalue weighted by atomic mass is 9.96. The molecular weight excluding hydrogens is 1750 g/mol. The van der Waals surface area contributed by atoms with E-state index >= 15 is 0 Å². The van der Waals surface area contributed by atoms with Crippen molar-refractivity contribution >= 4 is 144 Å². The van der Waals surface area contributed by atoms with Crippen LogP contribution in [0.5, 0.6) is 17.6 Å². The van der Waals surface area contributed by atoms with E-state index in [1.54, 1.807) is 83.1 Å². The van der Waals surface area contributed by atoms with Crippen molar-refractivity contribution in [3.8, 4) is 17.6 Å². The fraction of sp³-hybridized carbons (Fsp3) is 0.696. The van der Waals surface area contributed by atoms with Crippen LogP contribution in [0.2, 0.25) is 0 Å². The molecule has 684 valence electrons. The first kappa shape index (κ1) is 97.6. The Hall–Kier alpha value is -7.59. The van der Waals surface area contributed by atoms with Gasteiger partial charge in [-0.1, -0.05) is 76.8 Å². The van der Waals surface area contributed by atoms with E-state index in [4.69, 9.17) is 101 Å². The van der Waals surface area contributed by atoms with Crippen LogP contribution in [0.25, 0.3) is 33.5 Å². The maximum Gasteiger partial charge on any atom is 0.475 e. The maximum atomic E-state index is 13.2. The zero-order valence-electron chi connectivity index (χ0n) is 70.2. The number of carbonyl (C=O) groups excluding carboxylic acids is 6. The molecule has 0 saturated carbocycles. The summed E-state index contributed by atoms with van der Waals surface area (Å²) in [4.78, 5) is 110. The second-order valence-electron chi connectivity index (χ2n) is 30.3. The molecule has 6 aliphatic rings. The van der Waals surface area contributed by atoms with Crippen LogP contribution in [-0.2, 0) is 97.2 Å². The molecule has 12 heterocycles. The zero-order valence-corrected chi connectivity index (χ0v) is 75.3. The number of nitrogens with one attached hydrogen (secondary N) is 3. The zero-order chi connectivity index (χ0) is 90.0. The minimum atomic E-state index is -4.10. The van der Waals surface area contributed by atoms with Gasteiger partial charge in [-0.3, -0.25) is 68.8 Å². The third-order valence-corrected chi connectivity index (χ3v) is 27.0. The largest absolute Gasteiger partial charge is 0.476 e. The molecule has 0 aliphatic carbocycles. The molecule has 6 aliphatic heterocycles. The molecule has 6 fully saturated rings. The lowest BCUT2D eigenvalue weighted by molar-refractivity contribution is -0.118. The topological polar surface area (TPSA) is 625 Å². The Morgan fingerprint density at radius 1 is 0.447 bits per heavy atom. The number of thioether (sulfide) groups is 3. The summed E-state index contributed by atoms with van der Waals surface area (Å²) < 4.78 is 143. The quantitative estimate of drug-likeness (QED) is 0.0128. The number of amides is 3. The number of phosphoric ester groups is 3. The highest BCUT2D eigenvalue weighted by molar-refractivity contribution is 8.14. The predicted octanol–water partition coefficient (Wildman–Crippen LogP) is 6.08. The van der Waals surface area contributed by atoms with Crippen molar-refractivity contribution in [1.82, 2.24) is 74.5 Å². The van der Waals surface area contributed by atoms with Crippen LogP contribution in [-0.4, -0.2) is 277 Å². The number of aliphatic hydroxyl groups is 3. The molecule has 54 heteroatoms. The second-order valence-corrected chi connectivity index (χ2v) is 38.3. The summed E-state index contributed by atoms with van der Waals surface area (Å²) in [7, 11) is -12.3. The van der Waals surface area contributed by atoms with Gasteiger partial charge in [0, 0.05) is 36.9 Å². The fourth-order valence-corrected chi connectivity index (χ4v) is 20.1. The number of ether oxygens (including phenoxy) is 9. The molecule has 1 unspecified atom stereocenters. The van der Waals surface area contributed by atoms with E-state index in [1.807, 2.05) is 0 Å². The Labute approximate surface area is 718 Å². The first-order valence-corrected chi connectivity index (χ1v) is 46.2. The summed E-state index contributed by atoms with van der Waals surface area (Å²) in [6.07, 6.45) is -6.36. The molecule has 0 aromatic carbocycles. The molecule has 48 nitrogen and oxygen atoms in total. The Kier molecular flexibility index (Phi) is 32.2. The summed E-state index contributed by atoms with van der Waals surface area (Å²) in [6.45, 7) is 25.9. The van der Waals surface area contributed by atoms with Crippen LogP contribution < -0.4 is 47.4 Å². The van der Waals surface area contributed by atoms with Crippen LogP contribution in [0.3, 0.4) is 0 Å². The summed E-state index contributed by atoms with van der Waals surface area (Å²) in [5.41, 5.74) is 11.6. The van der Waals surface area contributed by atoms with Gasteiger partial charge in [-0.2, -0.15) is 29.9 Å². The molecule has 3 amide bonds. The standard InChI is InChI=1S/3C23H35N6O10PS/c3*1-6-34-17-14-16(27-20(24)28-17)29(12-26-14)18-23(5,32)15-13(38-18)10-37-40(33,39-15)36-8-9-41-19(30)22(3,4)11-25-21(31)35-7-2/h3*12-13,15,18,32H,6-11H2,1-5H3,(H,25,31)(H2,24,27,28)/t13-,15-,18-,23-,40?;13-,15-,18-,23-,40+;13-,15-,18-,23-,40-/m111/s1. The molecule has 12 N–H and O–H groups in total. The highest BCUT2D eigenvalue weighted by Gasteiger charge is 2.63. The number of anilines is 3. The molecule has 6 saturated heterocycles. The summed E-state index contributed by atoms with van der Waals surface area (Å²) in [5.74, 6) is 0.856. The number of carbonyl (C=O) groups is 6. The van der Waals surface area contributed by atoms with E-state index in [2.05, 4.69) is 60.8 Å². The van der Waals surface area contributed by atoms with E-state index in [-0.39, 0.29) is 164 Å². The van der Waals surface area contributed by atoms with Gasteiger partial charge in [-0.05, 0) is 62.3 Å². The Bertz CT molecular complexity index is 4440. The number of imidazole rings is 3. The van der Waals surface area contributed by atoms with Gasteiger partial charge in [0.05, 0.1) is 115 Å². The number of nitrogen functional groups attached to an aromatic ring is 3. The van der Waals surface area contributed by atoms with Gasteiger partial charge in [0.15, 0.2) is 67.5 Å². The summed E-state index contributed by atoms with van der Waals surface area (Å²) >= 11 is 2.87. The maximum absolute atomic E-state index is 13.2. The number of hydrogen-bond acceptors (Lipinski definition) is 45. The van der Waals surface area contributed by atoms with Crippen molar-refractivity contribution in [2.45, 2.75) is 176 Å². The average Bonchev–Trinajstić information content (AvgIpc) is 1.56. The monoisotopic (exact) mass is 1850 g/mol. The summed E-state index contributed by atoms with van der Waals surface area (Å²) in [5, 5.41) is 41.5. The Morgan fingerprint density at radius 3 is 0.935 bits per heavy atom. The van der Waals surface area contributed by atoms with Gasteiger partial charge in [0.1, 0.15) is 53.4 Å². The lowest BCUT2D eigenvalue weighted by Gasteiger charge is -2.35. The van der Waals surface area contributed by atoms with Crippen molar-refractivity contribution in [3.63, 3.8) is 0 Å². The summed E-state index contributed by atoms with van der Waals surface area (Å²) in [6, 6.07) is 0. The number of nitrogens with zero attached hydrogens (tertiary/aromatic N) is 12. The van der Waals surface area contributed by atoms with Crippen LogP contribution >= 0.6 is 58.8 Å². The van der Waals surface area contributed by atoms with E-state index in [0.29, 0.717) is 36.4 Å². The normalized spacial score (nSPS) is 27.9. The molecule has 0 radical (unpaired) electrons. The van der Waals surface area contributed by atoms with Crippen LogP contribution in [0.4, 0.5) is 32.2 Å². The number of fused-ring (bicyclic) bond motifs is 6. The van der Waals surface area contributed by atoms with Crippen molar-refractivity contribution in [2.75, 3.05) is 133 Å². The van der Waals surface area contributed by atoms with Gasteiger partial charge in [0.2, 0.25) is 35.5 Å². The molecule has 0 spiro atoms. The fourth-order valence-electron chi connectivity index (χ4n) is 12.9. The third-order valence-electron chi connectivity index (χ3n) is 19.1. The number of alkyl carbamates (subject to hydrolysis) is 3. The molecule has 12 rings (SSSR count). The minimum absolute atomic E-state index is 0.0507. The predicted molar refractivity (Wildman–Crippen MR) is 438 cm³/mol. The van der Waals surface area contributed by atoms with Gasteiger partial charge in [-0.25, -0.2) is 43.0 Å². The average molecular weight is 1860 g/mol. The van der Waals surface area contributed by atoms with Gasteiger partial charge >= 0.3 is 41.7 Å². The van der Waals surface area contributed by atoms with Crippen LogP contribution in [0.15, 0.2) is 19.0 Å². The number of phosphoric acid groups is 3. The van der Waals surface area contributed by atoms with Crippen molar-refractivity contribution in [2.24, 2.45) is 16.2 Å². The number of nitrogens with two attached hydrogens (primary N) is 3. The highest BCUT2D eigenvalue weighted by atomic mass is 32.2. The van der Waals surface area contributed by atoms with Gasteiger partial charge in [0.25, 0.3) is 0 Å². The highest BCUT2D eigenvalue weighted by Crippen LogP contribution is 2.62. The minimum Gasteiger partial charge on any atom is -0.476 e. The molecule has 6 aromatic rings. The van der Waals surface area contributed by atoms with Crippen molar-refractivity contribution < 1.29 is 141 Å². The van der Waals surface area contributed by atoms with Crippen molar-refractivity contribution in [3.05, 3.63) is 19.0 Å². The van der Waals surface area contributed by atoms with Crippen LogP contribution in [0, 0.1) is 16.2 Å². The van der Waals surface area contributed by atoms with Crippen molar-refractivity contribution in [1.29, 1.82) is 0 Å². The molecule has 15 atom stereocenters. The van der Waals surface area contributed by atoms with Crippen LogP contribution in [0.1, 0.15) is 123 Å². The Morgan fingerprint density at radius 2 is 0.699 bits per heavy atom. The SMILES string of the molecule is CCOC(=O)NCC(C)(C)C(=O)SCCOP1(=O)OC[C@H]2O[C@@H](n3cnc4c(OCC)nc(N)nc43)[C@](C)(O)[C@@H]2O1.CCOC(=O)NCC(C)(C)C(=O)SCCO[P@@]1(=O)OC[C@H]2O[C@@H](n3cnc4c(OCC)nc(N)nc43)[C@](C)(O)[C@@H]2O1.CCOC(=O)NCC(C)(C)C(=O)SCCO[P@]1(=O)OC[C@H]2O[C@@H](n3cnc4c(OCC)nc(N)nc43)[C@](C)(O)[C@@H]2O1. The first-order chi connectivity index (χ1) is 57.9.